The fourth-order valence-electron chi connectivity index (χ4n) is 4.81. The topological polar surface area (TPSA) is 78.4 Å². The van der Waals surface area contributed by atoms with Gasteiger partial charge in [-0.15, -0.1) is 5.10 Å². The lowest BCUT2D eigenvalue weighted by molar-refractivity contribution is -0.127. The van der Waals surface area contributed by atoms with Crippen LogP contribution in [0.4, 0.5) is 5.69 Å². The molecule has 0 radical (unpaired) electrons. The van der Waals surface area contributed by atoms with Crippen LogP contribution in [0.2, 0.25) is 0 Å². The van der Waals surface area contributed by atoms with Crippen LogP contribution in [0, 0.1) is 0 Å². The number of hydrogen-bond acceptors (Lipinski definition) is 6. The second kappa shape index (κ2) is 9.77. The molecular formula is C23H31N5O2S. The Morgan fingerprint density at radius 1 is 1.03 bits per heavy atom. The van der Waals surface area contributed by atoms with Gasteiger partial charge in [0.2, 0.25) is 5.91 Å². The zero-order valence-electron chi connectivity index (χ0n) is 18.3. The van der Waals surface area contributed by atoms with E-state index >= 15 is 0 Å². The lowest BCUT2D eigenvalue weighted by Gasteiger charge is -2.36. The fraction of sp³-hybridized carbons (Fsp3) is 0.565. The fourth-order valence-corrected chi connectivity index (χ4v) is 5.24. The highest BCUT2D eigenvalue weighted by Crippen LogP contribution is 2.34. The second-order valence-corrected chi connectivity index (χ2v) is 9.43. The molecule has 166 valence electrons. The van der Waals surface area contributed by atoms with Crippen LogP contribution >= 0.6 is 11.5 Å². The van der Waals surface area contributed by atoms with E-state index in [0.29, 0.717) is 5.69 Å². The molecule has 2 aliphatic carbocycles. The van der Waals surface area contributed by atoms with Gasteiger partial charge in [0.15, 0.2) is 5.69 Å². The van der Waals surface area contributed by atoms with E-state index in [1.165, 1.54) is 0 Å². The Morgan fingerprint density at radius 2 is 1.68 bits per heavy atom. The maximum Gasteiger partial charge on any atom is 0.276 e. The Bertz CT molecular complexity index is 872. The van der Waals surface area contributed by atoms with Gasteiger partial charge in [0.1, 0.15) is 6.04 Å². The van der Waals surface area contributed by atoms with Crippen LogP contribution in [-0.4, -0.2) is 52.5 Å². The van der Waals surface area contributed by atoms with Gasteiger partial charge in [0, 0.05) is 37.2 Å². The minimum atomic E-state index is -0.672. The normalized spacial score (nSPS) is 18.1. The molecule has 0 spiro atoms. The summed E-state index contributed by atoms with van der Waals surface area (Å²) in [6, 6.07) is 7.51. The molecule has 2 aliphatic rings. The van der Waals surface area contributed by atoms with Crippen molar-refractivity contribution in [1.29, 1.82) is 0 Å². The zero-order valence-corrected chi connectivity index (χ0v) is 19.1. The lowest BCUT2D eigenvalue weighted by atomic mass is 9.99. The number of hydrogen-bond donors (Lipinski definition) is 1. The van der Waals surface area contributed by atoms with Gasteiger partial charge >= 0.3 is 0 Å². The minimum absolute atomic E-state index is 0.0297. The molecule has 2 fully saturated rings. The standard InChI is InChI=1S/C23H31N5O2S/c1-27(2)18-13-11-16(12-14-18)21(22(29)24-17-7-3-4-8-17)28(19-9-5-6-10-19)23(30)20-15-31-26-25-20/h11-15,17,19,21H,3-10H2,1-2H3,(H,24,29). The van der Waals surface area contributed by atoms with Gasteiger partial charge in [0.05, 0.1) is 0 Å². The van der Waals surface area contributed by atoms with Crippen molar-refractivity contribution in [1.82, 2.24) is 19.8 Å². The first-order chi connectivity index (χ1) is 15.0. The van der Waals surface area contributed by atoms with Crippen molar-refractivity contribution in [2.45, 2.75) is 69.5 Å². The first-order valence-corrected chi connectivity index (χ1v) is 12.1. The highest BCUT2D eigenvalue weighted by Gasteiger charge is 2.39. The highest BCUT2D eigenvalue weighted by atomic mass is 32.1. The maximum absolute atomic E-state index is 13.6. The van der Waals surface area contributed by atoms with E-state index in [2.05, 4.69) is 14.9 Å². The molecule has 7 nitrogen and oxygen atoms in total. The maximum atomic E-state index is 13.6. The molecule has 8 heteroatoms. The van der Waals surface area contributed by atoms with Crippen LogP contribution in [0.5, 0.6) is 0 Å². The molecule has 4 rings (SSSR count). The number of rotatable bonds is 7. The number of nitrogens with zero attached hydrogens (tertiary/aromatic N) is 4. The SMILES string of the molecule is CN(C)c1ccc(C(C(=O)NC2CCCC2)N(C(=O)c2csnn2)C2CCCC2)cc1. The summed E-state index contributed by atoms with van der Waals surface area (Å²) in [5.74, 6) is -0.295. The summed E-state index contributed by atoms with van der Waals surface area (Å²) in [4.78, 5) is 31.0. The van der Waals surface area contributed by atoms with Gasteiger partial charge in [-0.25, -0.2) is 0 Å². The van der Waals surface area contributed by atoms with E-state index in [1.54, 1.807) is 10.3 Å². The van der Waals surface area contributed by atoms with E-state index in [1.807, 2.05) is 43.3 Å². The third-order valence-corrected chi connectivity index (χ3v) is 6.99. The Morgan fingerprint density at radius 3 is 2.26 bits per heavy atom. The molecule has 1 N–H and O–H groups in total. The molecule has 1 aromatic heterocycles. The molecule has 0 bridgehead atoms. The van der Waals surface area contributed by atoms with Crippen molar-refractivity contribution < 1.29 is 9.59 Å². The van der Waals surface area contributed by atoms with Crippen molar-refractivity contribution in [3.05, 3.63) is 40.9 Å². The summed E-state index contributed by atoms with van der Waals surface area (Å²) < 4.78 is 3.88. The van der Waals surface area contributed by atoms with Crippen LogP contribution < -0.4 is 10.2 Å². The zero-order chi connectivity index (χ0) is 21.8. The van der Waals surface area contributed by atoms with Crippen molar-refractivity contribution >= 4 is 29.0 Å². The number of carbonyl (C=O) groups is 2. The van der Waals surface area contributed by atoms with Crippen LogP contribution in [0.15, 0.2) is 29.6 Å². The number of benzene rings is 1. The highest BCUT2D eigenvalue weighted by molar-refractivity contribution is 7.03. The molecule has 2 amide bonds. The van der Waals surface area contributed by atoms with Gasteiger partial charge in [-0.3, -0.25) is 9.59 Å². The number of carbonyl (C=O) groups excluding carboxylic acids is 2. The summed E-state index contributed by atoms with van der Waals surface area (Å²) in [5.41, 5.74) is 2.21. The Labute approximate surface area is 188 Å². The molecule has 0 aliphatic heterocycles. The molecule has 2 saturated carbocycles. The van der Waals surface area contributed by atoms with Crippen LogP contribution in [0.3, 0.4) is 0 Å². The first-order valence-electron chi connectivity index (χ1n) is 11.2. The van der Waals surface area contributed by atoms with Gasteiger partial charge in [-0.05, 0) is 54.9 Å². The average Bonchev–Trinajstić information content (AvgIpc) is 3.55. The second-order valence-electron chi connectivity index (χ2n) is 8.82. The number of nitrogens with one attached hydrogen (secondary N) is 1. The summed E-state index contributed by atoms with van der Waals surface area (Å²) in [6.07, 6.45) is 8.25. The van der Waals surface area contributed by atoms with Gasteiger partial charge in [0.25, 0.3) is 5.91 Å². The number of aromatic nitrogens is 2. The van der Waals surface area contributed by atoms with Gasteiger partial charge in [-0.1, -0.05) is 42.3 Å². The smallest absolute Gasteiger partial charge is 0.276 e. The molecule has 1 heterocycles. The third-order valence-electron chi connectivity index (χ3n) is 6.49. The monoisotopic (exact) mass is 441 g/mol. The van der Waals surface area contributed by atoms with Crippen molar-refractivity contribution in [3.63, 3.8) is 0 Å². The Kier molecular flexibility index (Phi) is 6.85. The number of amides is 2. The molecule has 31 heavy (non-hydrogen) atoms. The Hall–Kier alpha value is -2.48. The van der Waals surface area contributed by atoms with Gasteiger partial charge < -0.3 is 15.1 Å². The van der Waals surface area contributed by atoms with Gasteiger partial charge in [-0.2, -0.15) is 0 Å². The lowest BCUT2D eigenvalue weighted by Crippen LogP contribution is -2.49. The van der Waals surface area contributed by atoms with Crippen LogP contribution in [-0.2, 0) is 4.79 Å². The largest absolute Gasteiger partial charge is 0.378 e. The summed E-state index contributed by atoms with van der Waals surface area (Å²) in [5, 5.41) is 8.94. The van der Waals surface area contributed by atoms with Crippen molar-refractivity contribution in [2.24, 2.45) is 0 Å². The summed E-state index contributed by atoms with van der Waals surface area (Å²) >= 11 is 1.16. The van der Waals surface area contributed by atoms with E-state index in [4.69, 9.17) is 0 Å². The number of anilines is 1. The molecule has 2 aromatic rings. The third kappa shape index (κ3) is 4.89. The first kappa shape index (κ1) is 21.7. The minimum Gasteiger partial charge on any atom is -0.378 e. The molecular weight excluding hydrogens is 410 g/mol. The summed E-state index contributed by atoms with van der Waals surface area (Å²) in [6.45, 7) is 0. The molecule has 0 saturated heterocycles. The quantitative estimate of drug-likeness (QED) is 0.707. The van der Waals surface area contributed by atoms with Crippen molar-refractivity contribution in [2.75, 3.05) is 19.0 Å². The van der Waals surface area contributed by atoms with E-state index in [0.717, 1.165) is 74.1 Å². The van der Waals surface area contributed by atoms with E-state index < -0.39 is 6.04 Å². The van der Waals surface area contributed by atoms with E-state index in [-0.39, 0.29) is 23.9 Å². The predicted octanol–water partition coefficient (Wildman–Crippen LogP) is 3.79. The predicted molar refractivity (Wildman–Crippen MR) is 122 cm³/mol. The summed E-state index contributed by atoms with van der Waals surface area (Å²) in [7, 11) is 3.98. The van der Waals surface area contributed by atoms with Crippen molar-refractivity contribution in [3.8, 4) is 0 Å². The molecule has 1 atom stereocenters. The Balaban J connectivity index is 1.71. The van der Waals surface area contributed by atoms with Crippen LogP contribution in [0.1, 0.15) is 73.5 Å². The molecule has 1 aromatic carbocycles. The van der Waals surface area contributed by atoms with Crippen LogP contribution in [0.25, 0.3) is 0 Å². The average molecular weight is 442 g/mol. The molecule has 1 unspecified atom stereocenters. The van der Waals surface area contributed by atoms with E-state index in [9.17, 15) is 9.59 Å².